The molecule has 0 aliphatic carbocycles. The minimum atomic E-state index is 0.659. The van der Waals surface area contributed by atoms with Crippen LogP contribution in [0.2, 0.25) is 0 Å². The highest BCUT2D eigenvalue weighted by Crippen LogP contribution is 2.31. The highest BCUT2D eigenvalue weighted by atomic mass is 16.5. The summed E-state index contributed by atoms with van der Waals surface area (Å²) in [5.41, 5.74) is 16.2. The van der Waals surface area contributed by atoms with Gasteiger partial charge in [-0.05, 0) is 48.9 Å². The van der Waals surface area contributed by atoms with E-state index in [-0.39, 0.29) is 0 Å². The average Bonchev–Trinajstić information content (AvgIpc) is 2.37. The zero-order chi connectivity index (χ0) is 13.7. The fourth-order valence-electron chi connectivity index (χ4n) is 1.80. The summed E-state index contributed by atoms with van der Waals surface area (Å²) in [4.78, 5) is 0. The Morgan fingerprint density at radius 3 is 2.56 bits per heavy atom. The smallest absolute Gasteiger partial charge is 0.123 e. The molecule has 0 atom stereocenters. The number of nitrogens with two attached hydrogens (primary N) is 2. The molecular weight excluding hydrogens is 224 g/mol. The molecule has 0 fully saturated rings. The van der Waals surface area contributed by atoms with Gasteiger partial charge < -0.3 is 16.2 Å². The van der Waals surface area contributed by atoms with Gasteiger partial charge >= 0.3 is 0 Å². The Bertz CT molecular complexity index is 513. The fraction of sp³-hybridized carbons (Fsp3) is 0.200. The SMILES string of the molecule is C=C/C(C)=C(\C=C/N)c1cc(C)c(OC)cc1N. The Morgan fingerprint density at radius 1 is 1.39 bits per heavy atom. The van der Waals surface area contributed by atoms with Gasteiger partial charge in [0.1, 0.15) is 5.75 Å². The molecule has 0 heterocycles. The van der Waals surface area contributed by atoms with Gasteiger partial charge in [0.15, 0.2) is 0 Å². The lowest BCUT2D eigenvalue weighted by atomic mass is 9.96. The van der Waals surface area contributed by atoms with E-state index in [4.69, 9.17) is 16.2 Å². The van der Waals surface area contributed by atoms with E-state index >= 15 is 0 Å². The minimum absolute atomic E-state index is 0.659. The van der Waals surface area contributed by atoms with E-state index in [0.717, 1.165) is 28.0 Å². The zero-order valence-electron chi connectivity index (χ0n) is 11.2. The van der Waals surface area contributed by atoms with Gasteiger partial charge in [0.2, 0.25) is 0 Å². The van der Waals surface area contributed by atoms with Crippen molar-refractivity contribution in [3.8, 4) is 5.75 Å². The largest absolute Gasteiger partial charge is 0.496 e. The number of aryl methyl sites for hydroxylation is 1. The van der Waals surface area contributed by atoms with Crippen molar-refractivity contribution in [3.63, 3.8) is 0 Å². The number of benzene rings is 1. The number of hydrogen-bond acceptors (Lipinski definition) is 3. The molecule has 0 saturated carbocycles. The highest BCUT2D eigenvalue weighted by Gasteiger charge is 2.09. The summed E-state index contributed by atoms with van der Waals surface area (Å²) in [5.74, 6) is 0.781. The Balaban J connectivity index is 3.48. The third kappa shape index (κ3) is 2.74. The van der Waals surface area contributed by atoms with Crippen molar-refractivity contribution < 1.29 is 4.74 Å². The first-order valence-corrected chi connectivity index (χ1v) is 5.71. The molecule has 0 unspecified atom stereocenters. The molecule has 0 aromatic heterocycles. The summed E-state index contributed by atoms with van der Waals surface area (Å²) < 4.78 is 5.25. The third-order valence-electron chi connectivity index (χ3n) is 2.85. The van der Waals surface area contributed by atoms with Gasteiger partial charge in [0, 0.05) is 17.3 Å². The second-order valence-electron chi connectivity index (χ2n) is 4.07. The molecule has 4 N–H and O–H groups in total. The monoisotopic (exact) mass is 244 g/mol. The summed E-state index contributed by atoms with van der Waals surface area (Å²) in [7, 11) is 1.63. The van der Waals surface area contributed by atoms with Gasteiger partial charge in [0.05, 0.1) is 7.11 Å². The van der Waals surface area contributed by atoms with Crippen LogP contribution in [-0.2, 0) is 0 Å². The maximum Gasteiger partial charge on any atom is 0.123 e. The van der Waals surface area contributed by atoms with Crippen molar-refractivity contribution >= 4 is 11.3 Å². The van der Waals surface area contributed by atoms with E-state index in [1.165, 1.54) is 6.20 Å². The Morgan fingerprint density at radius 2 is 2.06 bits per heavy atom. The standard InChI is InChI=1S/C15H20N2O/c1-5-10(2)12(6-7-16)13-8-11(3)15(18-4)9-14(13)17/h5-9H,1,16-17H2,2-4H3/b7-6-,12-10+. The molecule has 1 aromatic rings. The van der Waals surface area contributed by atoms with Crippen molar-refractivity contribution in [1.82, 2.24) is 0 Å². The molecular formula is C15H20N2O. The Labute approximate surface area is 108 Å². The lowest BCUT2D eigenvalue weighted by Gasteiger charge is -2.13. The highest BCUT2D eigenvalue weighted by molar-refractivity contribution is 5.85. The van der Waals surface area contributed by atoms with Gasteiger partial charge in [-0.3, -0.25) is 0 Å². The van der Waals surface area contributed by atoms with E-state index < -0.39 is 0 Å². The van der Waals surface area contributed by atoms with Crippen LogP contribution in [0.1, 0.15) is 18.1 Å². The molecule has 3 heteroatoms. The topological polar surface area (TPSA) is 61.3 Å². The second kappa shape index (κ2) is 5.96. The van der Waals surface area contributed by atoms with Crippen LogP contribution in [-0.4, -0.2) is 7.11 Å². The van der Waals surface area contributed by atoms with E-state index in [9.17, 15) is 0 Å². The first-order chi connectivity index (χ1) is 8.54. The maximum absolute atomic E-state index is 6.07. The second-order valence-corrected chi connectivity index (χ2v) is 4.07. The van der Waals surface area contributed by atoms with E-state index in [2.05, 4.69) is 6.58 Å². The van der Waals surface area contributed by atoms with Crippen LogP contribution in [0.25, 0.3) is 5.57 Å². The van der Waals surface area contributed by atoms with Gasteiger partial charge in [0.25, 0.3) is 0 Å². The lowest BCUT2D eigenvalue weighted by molar-refractivity contribution is 0.412. The maximum atomic E-state index is 6.07. The summed E-state index contributed by atoms with van der Waals surface area (Å²) in [6.07, 6.45) is 5.12. The summed E-state index contributed by atoms with van der Waals surface area (Å²) >= 11 is 0. The van der Waals surface area contributed by atoms with E-state index in [1.807, 2.05) is 32.1 Å². The van der Waals surface area contributed by atoms with Crippen molar-refractivity contribution in [2.45, 2.75) is 13.8 Å². The molecule has 0 aliphatic rings. The predicted molar refractivity (Wildman–Crippen MR) is 78.3 cm³/mol. The van der Waals surface area contributed by atoms with Crippen molar-refractivity contribution in [2.24, 2.45) is 5.73 Å². The lowest BCUT2D eigenvalue weighted by Crippen LogP contribution is -1.98. The van der Waals surface area contributed by atoms with Crippen LogP contribution in [0, 0.1) is 6.92 Å². The molecule has 1 rings (SSSR count). The first kappa shape index (κ1) is 13.9. The molecule has 0 bridgehead atoms. The number of methoxy groups -OCH3 is 1. The number of nitrogen functional groups attached to an aromatic ring is 1. The van der Waals surface area contributed by atoms with Crippen molar-refractivity contribution in [3.05, 3.63) is 53.8 Å². The molecule has 0 aliphatic heterocycles. The van der Waals surface area contributed by atoms with Crippen LogP contribution >= 0.6 is 0 Å². The first-order valence-electron chi connectivity index (χ1n) is 5.71. The van der Waals surface area contributed by atoms with Crippen LogP contribution in [0.5, 0.6) is 5.75 Å². The number of rotatable bonds is 4. The van der Waals surface area contributed by atoms with Gasteiger partial charge in [-0.1, -0.05) is 12.7 Å². The molecule has 18 heavy (non-hydrogen) atoms. The zero-order valence-corrected chi connectivity index (χ0v) is 11.2. The van der Waals surface area contributed by atoms with Crippen LogP contribution in [0.3, 0.4) is 0 Å². The van der Waals surface area contributed by atoms with Gasteiger partial charge in [-0.25, -0.2) is 0 Å². The average molecular weight is 244 g/mol. The number of anilines is 1. The predicted octanol–water partition coefficient (Wildman–Crippen LogP) is 3.02. The minimum Gasteiger partial charge on any atom is -0.496 e. The molecule has 0 amide bonds. The molecule has 3 nitrogen and oxygen atoms in total. The quantitative estimate of drug-likeness (QED) is 0.632. The summed E-state index contributed by atoms with van der Waals surface area (Å²) in [6, 6.07) is 3.82. The summed E-state index contributed by atoms with van der Waals surface area (Å²) in [5, 5.41) is 0. The number of allylic oxidation sites excluding steroid dienone is 4. The number of ether oxygens (including phenoxy) is 1. The number of hydrogen-bond donors (Lipinski definition) is 2. The third-order valence-corrected chi connectivity index (χ3v) is 2.85. The van der Waals surface area contributed by atoms with Crippen LogP contribution in [0.15, 0.2) is 42.6 Å². The summed E-state index contributed by atoms with van der Waals surface area (Å²) in [6.45, 7) is 7.73. The Kier molecular flexibility index (Phi) is 4.60. The molecule has 96 valence electrons. The van der Waals surface area contributed by atoms with Crippen LogP contribution < -0.4 is 16.2 Å². The van der Waals surface area contributed by atoms with Crippen molar-refractivity contribution in [1.29, 1.82) is 0 Å². The molecule has 0 radical (unpaired) electrons. The normalized spacial score (nSPS) is 12.4. The van der Waals surface area contributed by atoms with E-state index in [0.29, 0.717) is 5.69 Å². The molecule has 0 saturated heterocycles. The molecule has 1 aromatic carbocycles. The van der Waals surface area contributed by atoms with E-state index in [1.54, 1.807) is 13.2 Å². The van der Waals surface area contributed by atoms with Crippen LogP contribution in [0.4, 0.5) is 5.69 Å². The van der Waals surface area contributed by atoms with Crippen molar-refractivity contribution in [2.75, 3.05) is 12.8 Å². The van der Waals surface area contributed by atoms with Gasteiger partial charge in [-0.2, -0.15) is 0 Å². The fourth-order valence-corrected chi connectivity index (χ4v) is 1.80. The Hall–Kier alpha value is -2.16. The molecule has 0 spiro atoms. The van der Waals surface area contributed by atoms with Gasteiger partial charge in [-0.15, -0.1) is 0 Å².